The molecule has 0 aliphatic heterocycles. The van der Waals surface area contributed by atoms with Gasteiger partial charge in [-0.3, -0.25) is 4.98 Å². The number of rotatable bonds is 6. The van der Waals surface area contributed by atoms with Crippen LogP contribution in [0.5, 0.6) is 0 Å². The van der Waals surface area contributed by atoms with E-state index in [-0.39, 0.29) is 0 Å². The Labute approximate surface area is 151 Å². The third-order valence-electron chi connectivity index (χ3n) is 4.20. The van der Waals surface area contributed by atoms with E-state index >= 15 is 0 Å². The summed E-state index contributed by atoms with van der Waals surface area (Å²) in [4.78, 5) is 8.80. The molecule has 0 saturated heterocycles. The van der Waals surface area contributed by atoms with Crippen LogP contribution in [0.3, 0.4) is 0 Å². The zero-order valence-corrected chi connectivity index (χ0v) is 14.6. The highest BCUT2D eigenvalue weighted by Crippen LogP contribution is 2.21. The highest BCUT2D eigenvalue weighted by atomic mass is 15.3. The summed E-state index contributed by atoms with van der Waals surface area (Å²) in [5.74, 6) is 0.923. The van der Waals surface area contributed by atoms with Crippen LogP contribution in [0, 0.1) is 6.92 Å². The second-order valence-corrected chi connectivity index (χ2v) is 6.04. The number of pyridine rings is 1. The Morgan fingerprint density at radius 1 is 0.962 bits per heavy atom. The molecule has 130 valence electrons. The normalized spacial score (nSPS) is 10.8. The zero-order chi connectivity index (χ0) is 17.8. The van der Waals surface area contributed by atoms with Crippen molar-refractivity contribution in [1.29, 1.82) is 0 Å². The first-order valence-electron chi connectivity index (χ1n) is 8.60. The van der Waals surface area contributed by atoms with Crippen LogP contribution in [0.2, 0.25) is 0 Å². The molecular formula is C20H20N6. The lowest BCUT2D eigenvalue weighted by Crippen LogP contribution is -2.16. The Morgan fingerprint density at radius 3 is 2.65 bits per heavy atom. The van der Waals surface area contributed by atoms with Crippen LogP contribution in [0.15, 0.2) is 67.1 Å². The summed E-state index contributed by atoms with van der Waals surface area (Å²) in [6, 6.07) is 16.1. The van der Waals surface area contributed by atoms with Gasteiger partial charge in [0.25, 0.3) is 0 Å². The van der Waals surface area contributed by atoms with Gasteiger partial charge >= 0.3 is 0 Å². The molecule has 0 bridgehead atoms. The molecule has 0 aliphatic rings. The second-order valence-electron chi connectivity index (χ2n) is 6.04. The van der Waals surface area contributed by atoms with Crippen LogP contribution in [-0.2, 0) is 0 Å². The Bertz CT molecular complexity index is 1010. The van der Waals surface area contributed by atoms with Gasteiger partial charge in [-0.15, -0.1) is 0 Å². The summed E-state index contributed by atoms with van der Waals surface area (Å²) in [7, 11) is 0. The lowest BCUT2D eigenvalue weighted by atomic mass is 10.1. The number of fused-ring (bicyclic) bond motifs is 1. The van der Waals surface area contributed by atoms with Crippen LogP contribution in [-0.4, -0.2) is 32.7 Å². The van der Waals surface area contributed by atoms with Crippen LogP contribution in [0.25, 0.3) is 16.9 Å². The van der Waals surface area contributed by atoms with Crippen molar-refractivity contribution in [1.82, 2.24) is 19.6 Å². The number of anilines is 2. The van der Waals surface area contributed by atoms with Gasteiger partial charge in [0.15, 0.2) is 5.65 Å². The van der Waals surface area contributed by atoms with Crippen molar-refractivity contribution in [2.45, 2.75) is 6.92 Å². The molecule has 4 rings (SSSR count). The van der Waals surface area contributed by atoms with Gasteiger partial charge < -0.3 is 10.6 Å². The molecule has 0 radical (unpaired) electrons. The van der Waals surface area contributed by atoms with Crippen molar-refractivity contribution in [2.24, 2.45) is 0 Å². The number of hydrogen-bond acceptors (Lipinski definition) is 5. The standard InChI is InChI=1S/C20H20N6/c1-15-14-21-9-7-17(15)22-11-12-23-20-13-18(16-5-3-2-4-6-16)25-19-8-10-24-26(19)20/h2-10,13-14,23H,11-12H2,1H3,(H,21,22). The predicted octanol–water partition coefficient (Wildman–Crippen LogP) is 3.62. The van der Waals surface area contributed by atoms with E-state index in [1.807, 2.05) is 54.0 Å². The van der Waals surface area contributed by atoms with Crippen LogP contribution in [0.4, 0.5) is 11.5 Å². The van der Waals surface area contributed by atoms with E-state index in [9.17, 15) is 0 Å². The first-order valence-corrected chi connectivity index (χ1v) is 8.60. The lowest BCUT2D eigenvalue weighted by molar-refractivity contribution is 0.924. The zero-order valence-electron chi connectivity index (χ0n) is 14.6. The van der Waals surface area contributed by atoms with Crippen molar-refractivity contribution in [3.8, 4) is 11.3 Å². The minimum atomic E-state index is 0.759. The van der Waals surface area contributed by atoms with E-state index in [4.69, 9.17) is 4.98 Å². The molecule has 0 fully saturated rings. The van der Waals surface area contributed by atoms with Gasteiger partial charge in [0.1, 0.15) is 5.82 Å². The number of aryl methyl sites for hydroxylation is 1. The fraction of sp³-hybridized carbons (Fsp3) is 0.150. The number of nitrogens with one attached hydrogen (secondary N) is 2. The molecule has 1 aromatic carbocycles. The van der Waals surface area contributed by atoms with E-state index in [0.29, 0.717) is 0 Å². The summed E-state index contributed by atoms with van der Waals surface area (Å²) in [6.45, 7) is 3.59. The van der Waals surface area contributed by atoms with Crippen molar-refractivity contribution < 1.29 is 0 Å². The second kappa shape index (κ2) is 7.23. The third kappa shape index (κ3) is 3.35. The first-order chi connectivity index (χ1) is 12.8. The molecule has 26 heavy (non-hydrogen) atoms. The number of benzene rings is 1. The fourth-order valence-electron chi connectivity index (χ4n) is 2.86. The molecule has 0 saturated carbocycles. The van der Waals surface area contributed by atoms with Crippen molar-refractivity contribution >= 4 is 17.2 Å². The quantitative estimate of drug-likeness (QED) is 0.523. The molecule has 6 heteroatoms. The maximum absolute atomic E-state index is 4.69. The molecule has 0 aliphatic carbocycles. The van der Waals surface area contributed by atoms with Crippen LogP contribution in [0.1, 0.15) is 5.56 Å². The Balaban J connectivity index is 1.51. The molecule has 4 aromatic rings. The molecule has 0 amide bonds. The minimum absolute atomic E-state index is 0.759. The highest BCUT2D eigenvalue weighted by Gasteiger charge is 2.07. The number of aromatic nitrogens is 4. The van der Waals surface area contributed by atoms with E-state index in [1.165, 1.54) is 0 Å². The van der Waals surface area contributed by atoms with E-state index in [1.54, 1.807) is 12.4 Å². The number of nitrogens with zero attached hydrogens (tertiary/aromatic N) is 4. The van der Waals surface area contributed by atoms with E-state index < -0.39 is 0 Å². The third-order valence-corrected chi connectivity index (χ3v) is 4.20. The Kier molecular flexibility index (Phi) is 4.47. The van der Waals surface area contributed by atoms with Gasteiger partial charge in [-0.25, -0.2) is 4.98 Å². The predicted molar refractivity (Wildman–Crippen MR) is 104 cm³/mol. The molecule has 0 unspecified atom stereocenters. The summed E-state index contributed by atoms with van der Waals surface area (Å²) in [5, 5.41) is 11.2. The molecule has 0 atom stereocenters. The molecule has 2 N–H and O–H groups in total. The average Bonchev–Trinajstić information content (AvgIpc) is 3.16. The minimum Gasteiger partial charge on any atom is -0.383 e. The van der Waals surface area contributed by atoms with Gasteiger partial charge in [0.2, 0.25) is 0 Å². The maximum Gasteiger partial charge on any atom is 0.157 e. The van der Waals surface area contributed by atoms with Crippen molar-refractivity contribution in [2.75, 3.05) is 23.7 Å². The molecule has 6 nitrogen and oxygen atoms in total. The number of hydrogen-bond donors (Lipinski definition) is 2. The largest absolute Gasteiger partial charge is 0.383 e. The average molecular weight is 344 g/mol. The van der Waals surface area contributed by atoms with E-state index in [2.05, 4.69) is 32.8 Å². The monoisotopic (exact) mass is 344 g/mol. The Morgan fingerprint density at radius 2 is 1.81 bits per heavy atom. The fourth-order valence-corrected chi connectivity index (χ4v) is 2.86. The van der Waals surface area contributed by atoms with Gasteiger partial charge in [-0.1, -0.05) is 30.3 Å². The molecular weight excluding hydrogens is 324 g/mol. The molecule has 0 spiro atoms. The van der Waals surface area contributed by atoms with Gasteiger partial charge in [0, 0.05) is 48.9 Å². The maximum atomic E-state index is 4.69. The smallest absolute Gasteiger partial charge is 0.157 e. The van der Waals surface area contributed by atoms with Crippen LogP contribution >= 0.6 is 0 Å². The Hall–Kier alpha value is -3.41. The highest BCUT2D eigenvalue weighted by molar-refractivity contribution is 5.66. The first kappa shape index (κ1) is 16.1. The lowest BCUT2D eigenvalue weighted by Gasteiger charge is -2.12. The van der Waals surface area contributed by atoms with Crippen LogP contribution < -0.4 is 10.6 Å². The molecule has 3 heterocycles. The summed E-state index contributed by atoms with van der Waals surface area (Å²) >= 11 is 0. The molecule has 3 aromatic heterocycles. The SMILES string of the molecule is Cc1cnccc1NCCNc1cc(-c2ccccc2)nc2ccnn12. The van der Waals surface area contributed by atoms with Crippen molar-refractivity contribution in [3.63, 3.8) is 0 Å². The van der Waals surface area contributed by atoms with Gasteiger partial charge in [-0.05, 0) is 18.6 Å². The summed E-state index contributed by atoms with van der Waals surface area (Å²) in [5.41, 5.74) is 5.08. The summed E-state index contributed by atoms with van der Waals surface area (Å²) < 4.78 is 1.82. The van der Waals surface area contributed by atoms with Crippen molar-refractivity contribution in [3.05, 3.63) is 72.7 Å². The van der Waals surface area contributed by atoms with Gasteiger partial charge in [-0.2, -0.15) is 9.61 Å². The summed E-state index contributed by atoms with van der Waals surface area (Å²) in [6.07, 6.45) is 5.42. The topological polar surface area (TPSA) is 67.1 Å². The van der Waals surface area contributed by atoms with E-state index in [0.717, 1.165) is 47.1 Å². The van der Waals surface area contributed by atoms with Gasteiger partial charge in [0.05, 0.1) is 11.9 Å².